The number of hydrogen-bond acceptors (Lipinski definition) is 4. The van der Waals surface area contributed by atoms with Crippen LogP contribution in [0.1, 0.15) is 68.6 Å². The molecule has 0 radical (unpaired) electrons. The molecule has 31 heavy (non-hydrogen) atoms. The monoisotopic (exact) mass is 420 g/mol. The number of esters is 1. The number of nitrogens with zero attached hydrogens (tertiary/aromatic N) is 2. The number of rotatable bonds is 8. The molecular weight excluding hydrogens is 388 g/mol. The summed E-state index contributed by atoms with van der Waals surface area (Å²) >= 11 is 0. The molecule has 0 bridgehead atoms. The lowest BCUT2D eigenvalue weighted by Gasteiger charge is -2.23. The molecule has 3 rings (SSSR count). The van der Waals surface area contributed by atoms with Crippen LogP contribution in [0.3, 0.4) is 0 Å². The second-order valence-corrected chi connectivity index (χ2v) is 8.70. The smallest absolute Gasteiger partial charge is 0.342 e. The summed E-state index contributed by atoms with van der Waals surface area (Å²) in [4.78, 5) is 13.2. The van der Waals surface area contributed by atoms with Gasteiger partial charge >= 0.3 is 5.97 Å². The largest absolute Gasteiger partial charge is 0.457 e. The zero-order valence-corrected chi connectivity index (χ0v) is 19.0. The fraction of sp³-hybridized carbons (Fsp3) is 0.385. The Bertz CT molecular complexity index is 975. The van der Waals surface area contributed by atoms with Gasteiger partial charge < -0.3 is 9.47 Å². The molecule has 5 nitrogen and oxygen atoms in total. The van der Waals surface area contributed by atoms with Gasteiger partial charge in [0.1, 0.15) is 11.7 Å². The van der Waals surface area contributed by atoms with Crippen LogP contribution in [0.4, 0.5) is 0 Å². The van der Waals surface area contributed by atoms with Gasteiger partial charge in [-0.05, 0) is 51.8 Å². The van der Waals surface area contributed by atoms with Crippen LogP contribution >= 0.6 is 0 Å². The summed E-state index contributed by atoms with van der Waals surface area (Å²) in [5, 5.41) is 4.58. The third kappa shape index (κ3) is 5.82. The van der Waals surface area contributed by atoms with Crippen molar-refractivity contribution < 1.29 is 14.3 Å². The highest BCUT2D eigenvalue weighted by Crippen LogP contribution is 2.32. The summed E-state index contributed by atoms with van der Waals surface area (Å²) < 4.78 is 13.4. The van der Waals surface area contributed by atoms with Gasteiger partial charge in [0.25, 0.3) is 0 Å². The third-order valence-corrected chi connectivity index (χ3v) is 5.03. The van der Waals surface area contributed by atoms with Gasteiger partial charge in [-0.3, -0.25) is 0 Å². The van der Waals surface area contributed by atoms with Crippen LogP contribution in [-0.4, -0.2) is 34.1 Å². The maximum atomic E-state index is 13.2. The van der Waals surface area contributed by atoms with Crippen molar-refractivity contribution >= 4 is 5.97 Å². The van der Waals surface area contributed by atoms with E-state index in [1.54, 1.807) is 6.20 Å². The molecule has 0 saturated heterocycles. The Morgan fingerprint density at radius 3 is 2.23 bits per heavy atom. The molecule has 5 heteroatoms. The lowest BCUT2D eigenvalue weighted by Crippen LogP contribution is -2.28. The molecule has 2 unspecified atom stereocenters. The van der Waals surface area contributed by atoms with Crippen molar-refractivity contribution in [3.05, 3.63) is 83.7 Å². The molecule has 2 atom stereocenters. The van der Waals surface area contributed by atoms with Gasteiger partial charge in [0.15, 0.2) is 0 Å². The fourth-order valence-electron chi connectivity index (χ4n) is 3.55. The molecule has 0 amide bonds. The minimum Gasteiger partial charge on any atom is -0.457 e. The highest BCUT2D eigenvalue weighted by atomic mass is 16.6. The van der Waals surface area contributed by atoms with Crippen LogP contribution in [0.15, 0.2) is 66.9 Å². The van der Waals surface area contributed by atoms with Crippen molar-refractivity contribution in [3.8, 4) is 5.69 Å². The molecule has 0 saturated carbocycles. The molecule has 1 heterocycles. The van der Waals surface area contributed by atoms with Gasteiger partial charge in [-0.1, -0.05) is 55.5 Å². The highest BCUT2D eigenvalue weighted by Gasteiger charge is 2.28. The van der Waals surface area contributed by atoms with E-state index in [2.05, 4.69) is 24.2 Å². The maximum absolute atomic E-state index is 13.2. The summed E-state index contributed by atoms with van der Waals surface area (Å²) in [6, 6.07) is 20.1. The first-order valence-corrected chi connectivity index (χ1v) is 10.8. The Morgan fingerprint density at radius 1 is 1.03 bits per heavy atom. The summed E-state index contributed by atoms with van der Waals surface area (Å²) in [6.07, 6.45) is 2.08. The van der Waals surface area contributed by atoms with Crippen LogP contribution in [0.2, 0.25) is 0 Å². The van der Waals surface area contributed by atoms with Crippen molar-refractivity contribution in [2.24, 2.45) is 0 Å². The first-order chi connectivity index (χ1) is 14.8. The van der Waals surface area contributed by atoms with Crippen LogP contribution in [0.5, 0.6) is 0 Å². The van der Waals surface area contributed by atoms with Crippen LogP contribution < -0.4 is 0 Å². The van der Waals surface area contributed by atoms with Crippen LogP contribution in [0.25, 0.3) is 5.69 Å². The van der Waals surface area contributed by atoms with Gasteiger partial charge in [0.2, 0.25) is 0 Å². The minimum atomic E-state index is -0.378. The Hall–Kier alpha value is -2.92. The third-order valence-electron chi connectivity index (χ3n) is 5.03. The molecule has 2 aromatic carbocycles. The number of ether oxygens (including phenoxy) is 2. The van der Waals surface area contributed by atoms with Crippen molar-refractivity contribution in [2.75, 3.05) is 6.61 Å². The Balaban J connectivity index is 1.97. The van der Waals surface area contributed by atoms with E-state index < -0.39 is 0 Å². The van der Waals surface area contributed by atoms with Crippen molar-refractivity contribution in [3.63, 3.8) is 0 Å². The number of carbonyl (C=O) groups is 1. The quantitative estimate of drug-likeness (QED) is 0.434. The van der Waals surface area contributed by atoms with Gasteiger partial charge in [-0.2, -0.15) is 5.10 Å². The van der Waals surface area contributed by atoms with Crippen LogP contribution in [0, 0.1) is 0 Å². The van der Waals surface area contributed by atoms with E-state index in [-0.39, 0.29) is 23.6 Å². The topological polar surface area (TPSA) is 53.4 Å². The number of benzene rings is 2. The zero-order valence-electron chi connectivity index (χ0n) is 19.0. The summed E-state index contributed by atoms with van der Waals surface area (Å²) in [6.45, 7) is 10.3. The first kappa shape index (κ1) is 22.8. The molecule has 0 fully saturated rings. The Kier molecular flexibility index (Phi) is 7.29. The number of para-hydroxylation sites is 1. The number of hydrogen-bond donors (Lipinski definition) is 0. The number of carbonyl (C=O) groups excluding carboxylic acids is 1. The Morgan fingerprint density at radius 2 is 1.65 bits per heavy atom. The molecule has 0 aliphatic carbocycles. The standard InChI is InChI=1S/C26H32N2O3/c1-6-22(20-13-9-7-10-14-20)24-23(17-27-28(24)21-15-11-8-12-16-21)25(29)31-19(2)18-30-26(3,4)5/h7-17,19,22H,6,18H2,1-5H3. The fourth-order valence-corrected chi connectivity index (χ4v) is 3.55. The van der Waals surface area contributed by atoms with Crippen molar-refractivity contribution in [1.82, 2.24) is 9.78 Å². The van der Waals surface area contributed by atoms with E-state index in [0.29, 0.717) is 12.2 Å². The first-order valence-electron chi connectivity index (χ1n) is 10.8. The predicted octanol–water partition coefficient (Wildman–Crippen LogP) is 5.77. The second kappa shape index (κ2) is 9.92. The average Bonchev–Trinajstić information content (AvgIpc) is 3.19. The lowest BCUT2D eigenvalue weighted by molar-refractivity contribution is -0.0531. The molecule has 0 aliphatic rings. The summed E-state index contributed by atoms with van der Waals surface area (Å²) in [5.41, 5.74) is 3.09. The highest BCUT2D eigenvalue weighted by molar-refractivity contribution is 5.91. The molecule has 1 aromatic heterocycles. The molecule has 0 aliphatic heterocycles. The average molecular weight is 421 g/mol. The zero-order chi connectivity index (χ0) is 22.4. The lowest BCUT2D eigenvalue weighted by atomic mass is 9.90. The van der Waals surface area contributed by atoms with E-state index >= 15 is 0 Å². The van der Waals surface area contributed by atoms with E-state index in [1.807, 2.05) is 80.9 Å². The van der Waals surface area contributed by atoms with Crippen LogP contribution in [-0.2, 0) is 9.47 Å². The van der Waals surface area contributed by atoms with Crippen molar-refractivity contribution in [1.29, 1.82) is 0 Å². The molecule has 164 valence electrons. The molecule has 0 N–H and O–H groups in total. The molecular formula is C26H32N2O3. The normalized spacial score (nSPS) is 13.6. The molecule has 0 spiro atoms. The van der Waals surface area contributed by atoms with E-state index in [9.17, 15) is 4.79 Å². The van der Waals surface area contributed by atoms with Crippen molar-refractivity contribution in [2.45, 2.75) is 58.7 Å². The Labute approximate surface area is 185 Å². The van der Waals surface area contributed by atoms with Gasteiger partial charge in [0.05, 0.1) is 29.8 Å². The maximum Gasteiger partial charge on any atom is 0.342 e. The SMILES string of the molecule is CCC(c1ccccc1)c1c(C(=O)OC(C)COC(C)(C)C)cnn1-c1ccccc1. The van der Waals surface area contributed by atoms with Gasteiger partial charge in [-0.25, -0.2) is 9.48 Å². The summed E-state index contributed by atoms with van der Waals surface area (Å²) in [7, 11) is 0. The number of aromatic nitrogens is 2. The van der Waals surface area contributed by atoms with Gasteiger partial charge in [-0.15, -0.1) is 0 Å². The van der Waals surface area contributed by atoms with Gasteiger partial charge in [0, 0.05) is 5.92 Å². The predicted molar refractivity (Wildman–Crippen MR) is 123 cm³/mol. The van der Waals surface area contributed by atoms with E-state index in [0.717, 1.165) is 23.4 Å². The van der Waals surface area contributed by atoms with E-state index in [4.69, 9.17) is 9.47 Å². The van der Waals surface area contributed by atoms with E-state index in [1.165, 1.54) is 0 Å². The minimum absolute atomic E-state index is 0.00703. The summed E-state index contributed by atoms with van der Waals surface area (Å²) in [5.74, 6) is -0.371. The molecule has 3 aromatic rings. The second-order valence-electron chi connectivity index (χ2n) is 8.70.